The van der Waals surface area contributed by atoms with Crippen LogP contribution >= 0.6 is 11.6 Å². The van der Waals surface area contributed by atoms with Crippen molar-refractivity contribution in [2.45, 2.75) is 24.0 Å². The number of ether oxygens (including phenoxy) is 1. The molecule has 0 saturated carbocycles. The number of carbonyl (C=O) groups excluding carboxylic acids is 1. The van der Waals surface area contributed by atoms with E-state index in [1.165, 1.54) is 0 Å². The molecule has 2 aromatic carbocycles. The minimum atomic E-state index is -1.27. The van der Waals surface area contributed by atoms with Gasteiger partial charge in [-0.2, -0.15) is 0 Å². The van der Waals surface area contributed by atoms with E-state index in [9.17, 15) is 9.00 Å². The maximum Gasteiger partial charge on any atom is 0.287 e. The van der Waals surface area contributed by atoms with Crippen LogP contribution in [0.2, 0.25) is 5.02 Å². The van der Waals surface area contributed by atoms with Crippen LogP contribution in [0.5, 0.6) is 5.75 Å². The number of furan rings is 1. The summed E-state index contributed by atoms with van der Waals surface area (Å²) in [5.74, 6) is 1.44. The van der Waals surface area contributed by atoms with Gasteiger partial charge in [0.1, 0.15) is 11.5 Å². The van der Waals surface area contributed by atoms with Gasteiger partial charge in [0.2, 0.25) is 0 Å². The van der Waals surface area contributed by atoms with Gasteiger partial charge in [0.05, 0.1) is 23.2 Å². The first-order valence-electron chi connectivity index (χ1n) is 9.27. The van der Waals surface area contributed by atoms with Gasteiger partial charge in [0, 0.05) is 16.5 Å². The van der Waals surface area contributed by atoms with Gasteiger partial charge in [-0.25, -0.2) is 0 Å². The number of benzene rings is 2. The van der Waals surface area contributed by atoms with Crippen molar-refractivity contribution in [3.8, 4) is 5.75 Å². The summed E-state index contributed by atoms with van der Waals surface area (Å²) in [4.78, 5) is 12.9. The van der Waals surface area contributed by atoms with Crippen molar-refractivity contribution < 1.29 is 18.2 Å². The molecular formula is C22H22ClNO4S. The van der Waals surface area contributed by atoms with Crippen LogP contribution in [0.15, 0.2) is 70.0 Å². The van der Waals surface area contributed by atoms with Crippen LogP contribution in [0.25, 0.3) is 0 Å². The third kappa shape index (κ3) is 6.21. The van der Waals surface area contributed by atoms with Gasteiger partial charge in [-0.05, 0) is 67.4 Å². The van der Waals surface area contributed by atoms with E-state index >= 15 is 0 Å². The van der Waals surface area contributed by atoms with E-state index in [2.05, 4.69) is 5.32 Å². The molecule has 0 radical (unpaired) electrons. The van der Waals surface area contributed by atoms with Gasteiger partial charge in [-0.1, -0.05) is 23.7 Å². The molecule has 0 aliphatic carbocycles. The first-order valence-corrected chi connectivity index (χ1v) is 11.0. The highest BCUT2D eigenvalue weighted by molar-refractivity contribution is 7.84. The molecular weight excluding hydrogens is 410 g/mol. The summed E-state index contributed by atoms with van der Waals surface area (Å²) in [6.45, 7) is 3.06. The average Bonchev–Trinajstić information content (AvgIpc) is 3.18. The lowest BCUT2D eigenvalue weighted by atomic mass is 10.1. The SMILES string of the molecule is CCOc1ccc(CCNC(=O)c2ccc(C[S@@](=O)c3ccc(Cl)cc3)o2)cc1. The van der Waals surface area contributed by atoms with Crippen molar-refractivity contribution in [2.75, 3.05) is 13.2 Å². The molecule has 1 atom stereocenters. The molecule has 0 bridgehead atoms. The van der Waals surface area contributed by atoms with E-state index in [0.717, 1.165) is 11.3 Å². The Hall–Kier alpha value is -2.57. The monoisotopic (exact) mass is 431 g/mol. The summed E-state index contributed by atoms with van der Waals surface area (Å²) in [5.41, 5.74) is 1.10. The summed E-state index contributed by atoms with van der Waals surface area (Å²) in [7, 11) is -1.27. The van der Waals surface area contributed by atoms with Gasteiger partial charge in [-0.3, -0.25) is 9.00 Å². The second-order valence-corrected chi connectivity index (χ2v) is 8.18. The molecule has 1 aromatic heterocycles. The van der Waals surface area contributed by atoms with Crippen molar-refractivity contribution in [1.29, 1.82) is 0 Å². The topological polar surface area (TPSA) is 68.5 Å². The minimum Gasteiger partial charge on any atom is -0.494 e. The van der Waals surface area contributed by atoms with E-state index in [-0.39, 0.29) is 17.4 Å². The van der Waals surface area contributed by atoms with E-state index in [1.807, 2.05) is 31.2 Å². The molecule has 5 nitrogen and oxygen atoms in total. The van der Waals surface area contributed by atoms with Crippen LogP contribution < -0.4 is 10.1 Å². The lowest BCUT2D eigenvalue weighted by molar-refractivity contribution is 0.0925. The molecule has 0 aliphatic rings. The van der Waals surface area contributed by atoms with Crippen molar-refractivity contribution in [1.82, 2.24) is 5.32 Å². The molecule has 0 fully saturated rings. The second kappa shape index (κ2) is 10.3. The second-order valence-electron chi connectivity index (χ2n) is 6.29. The zero-order valence-electron chi connectivity index (χ0n) is 16.0. The summed E-state index contributed by atoms with van der Waals surface area (Å²) in [6, 6.07) is 17.9. The van der Waals surface area contributed by atoms with E-state index in [1.54, 1.807) is 36.4 Å². The molecule has 29 heavy (non-hydrogen) atoms. The van der Waals surface area contributed by atoms with Crippen molar-refractivity contribution in [3.05, 3.63) is 82.8 Å². The number of nitrogens with one attached hydrogen (secondary N) is 1. The quantitative estimate of drug-likeness (QED) is 0.537. The van der Waals surface area contributed by atoms with E-state index < -0.39 is 10.8 Å². The van der Waals surface area contributed by atoms with E-state index in [4.69, 9.17) is 20.8 Å². The van der Waals surface area contributed by atoms with Crippen LogP contribution in [0.1, 0.15) is 28.8 Å². The molecule has 0 unspecified atom stereocenters. The summed E-state index contributed by atoms with van der Waals surface area (Å²) in [6.07, 6.45) is 0.701. The number of hydrogen-bond donors (Lipinski definition) is 1. The van der Waals surface area contributed by atoms with Crippen LogP contribution in [-0.2, 0) is 23.0 Å². The molecule has 1 heterocycles. The fraction of sp³-hybridized carbons (Fsp3) is 0.227. The summed E-state index contributed by atoms with van der Waals surface area (Å²) < 4.78 is 23.4. The highest BCUT2D eigenvalue weighted by Gasteiger charge is 2.13. The molecule has 3 aromatic rings. The maximum atomic E-state index is 12.4. The first-order chi connectivity index (χ1) is 14.0. The Morgan fingerprint density at radius 1 is 1.07 bits per heavy atom. The first kappa shape index (κ1) is 21.1. The van der Waals surface area contributed by atoms with Crippen LogP contribution in [0.3, 0.4) is 0 Å². The molecule has 0 aliphatic heterocycles. The molecule has 3 rings (SSSR count). The molecule has 1 N–H and O–H groups in total. The minimum absolute atomic E-state index is 0.196. The highest BCUT2D eigenvalue weighted by Crippen LogP contribution is 2.17. The fourth-order valence-electron chi connectivity index (χ4n) is 2.70. The van der Waals surface area contributed by atoms with Crippen molar-refractivity contribution in [2.24, 2.45) is 0 Å². The Labute approximate surface area is 177 Å². The zero-order chi connectivity index (χ0) is 20.6. The van der Waals surface area contributed by atoms with Crippen LogP contribution in [-0.4, -0.2) is 23.3 Å². The number of rotatable bonds is 9. The average molecular weight is 432 g/mol. The largest absolute Gasteiger partial charge is 0.494 e. The van der Waals surface area contributed by atoms with E-state index in [0.29, 0.717) is 35.3 Å². The Bertz CT molecular complexity index is 967. The predicted molar refractivity (Wildman–Crippen MR) is 114 cm³/mol. The standard InChI is InChI=1S/C22H22ClNO4S/c1-2-27-18-7-3-16(4-8-18)13-14-24-22(25)21-12-9-19(28-21)15-29(26)20-10-5-17(23)6-11-20/h3-12H,2,13-15H2,1H3,(H,24,25)/t29-/m1/s1. The lowest BCUT2D eigenvalue weighted by Gasteiger charge is -2.06. The van der Waals surface area contributed by atoms with Gasteiger partial charge < -0.3 is 14.5 Å². The van der Waals surface area contributed by atoms with Gasteiger partial charge in [-0.15, -0.1) is 0 Å². The zero-order valence-corrected chi connectivity index (χ0v) is 17.6. The van der Waals surface area contributed by atoms with Crippen LogP contribution in [0.4, 0.5) is 0 Å². The normalized spacial score (nSPS) is 11.8. The Kier molecular flexibility index (Phi) is 7.49. The maximum absolute atomic E-state index is 12.4. The molecule has 7 heteroatoms. The number of carbonyl (C=O) groups is 1. The number of halogens is 1. The Morgan fingerprint density at radius 3 is 2.48 bits per heavy atom. The Morgan fingerprint density at radius 2 is 1.79 bits per heavy atom. The lowest BCUT2D eigenvalue weighted by Crippen LogP contribution is -2.25. The van der Waals surface area contributed by atoms with Gasteiger partial charge in [0.15, 0.2) is 5.76 Å². The highest BCUT2D eigenvalue weighted by atomic mass is 35.5. The molecule has 152 valence electrons. The molecule has 1 amide bonds. The smallest absolute Gasteiger partial charge is 0.287 e. The Balaban J connectivity index is 1.48. The third-order valence-corrected chi connectivity index (χ3v) is 5.77. The molecule has 0 spiro atoms. The number of hydrogen-bond acceptors (Lipinski definition) is 4. The van der Waals surface area contributed by atoms with Crippen molar-refractivity contribution in [3.63, 3.8) is 0 Å². The fourth-order valence-corrected chi connectivity index (χ4v) is 3.85. The third-order valence-electron chi connectivity index (χ3n) is 4.17. The molecule has 0 saturated heterocycles. The number of amides is 1. The predicted octanol–water partition coefficient (Wildman–Crippen LogP) is 4.61. The van der Waals surface area contributed by atoms with Gasteiger partial charge in [0.25, 0.3) is 5.91 Å². The summed E-state index contributed by atoms with van der Waals surface area (Å²) in [5, 5.41) is 3.43. The summed E-state index contributed by atoms with van der Waals surface area (Å²) >= 11 is 5.85. The van der Waals surface area contributed by atoms with Crippen molar-refractivity contribution >= 4 is 28.3 Å². The van der Waals surface area contributed by atoms with Crippen LogP contribution in [0, 0.1) is 0 Å². The van der Waals surface area contributed by atoms with Gasteiger partial charge >= 0.3 is 0 Å².